The lowest BCUT2D eigenvalue weighted by Gasteiger charge is -2.41. The number of fused-ring (bicyclic) bond motifs is 1. The van der Waals surface area contributed by atoms with E-state index in [4.69, 9.17) is 0 Å². The second kappa shape index (κ2) is 6.28. The largest absolute Gasteiger partial charge is 0.224 e. The van der Waals surface area contributed by atoms with Gasteiger partial charge >= 0.3 is 0 Å². The molecule has 0 heterocycles. The van der Waals surface area contributed by atoms with Crippen LogP contribution < -0.4 is 0 Å². The molecule has 2 aromatic rings. The van der Waals surface area contributed by atoms with Crippen LogP contribution in [0.5, 0.6) is 0 Å². The first kappa shape index (κ1) is 18.7. The van der Waals surface area contributed by atoms with Gasteiger partial charge in [0.2, 0.25) is 0 Å². The average Bonchev–Trinajstić information content (AvgIpc) is 2.57. The zero-order chi connectivity index (χ0) is 19.2. The predicted molar refractivity (Wildman–Crippen MR) is 107 cm³/mol. The van der Waals surface area contributed by atoms with Gasteiger partial charge < -0.3 is 0 Å². The topological polar surface area (TPSA) is 34.1 Å². The number of benzene rings is 2. The van der Waals surface area contributed by atoms with E-state index in [0.717, 1.165) is 11.1 Å². The van der Waals surface area contributed by atoms with Gasteiger partial charge in [0.05, 0.1) is 4.90 Å². The van der Waals surface area contributed by atoms with Crippen molar-refractivity contribution < 1.29 is 8.42 Å². The van der Waals surface area contributed by atoms with Gasteiger partial charge in [0.15, 0.2) is 9.84 Å². The molecule has 0 fully saturated rings. The van der Waals surface area contributed by atoms with E-state index in [2.05, 4.69) is 57.7 Å². The fourth-order valence-corrected chi connectivity index (χ4v) is 4.23. The van der Waals surface area contributed by atoms with Gasteiger partial charge in [0, 0.05) is 17.4 Å². The summed E-state index contributed by atoms with van der Waals surface area (Å²) in [5.74, 6) is 6.38. The van der Waals surface area contributed by atoms with E-state index in [-0.39, 0.29) is 10.8 Å². The first-order valence-electron chi connectivity index (χ1n) is 8.96. The van der Waals surface area contributed by atoms with Crippen LogP contribution in [0.25, 0.3) is 0 Å². The second-order valence-corrected chi connectivity index (χ2v) is 10.6. The summed E-state index contributed by atoms with van der Waals surface area (Å²) in [5.41, 5.74) is 5.01. The molecular formula is C23H26O2S. The minimum Gasteiger partial charge on any atom is -0.224 e. The molecule has 136 valence electrons. The Morgan fingerprint density at radius 1 is 0.769 bits per heavy atom. The summed E-state index contributed by atoms with van der Waals surface area (Å²) in [5, 5.41) is 0. The molecule has 0 spiro atoms. The van der Waals surface area contributed by atoms with Crippen LogP contribution >= 0.6 is 0 Å². The Bertz CT molecular complexity index is 998. The van der Waals surface area contributed by atoms with Gasteiger partial charge in [-0.25, -0.2) is 8.42 Å². The molecule has 0 radical (unpaired) electrons. The lowest BCUT2D eigenvalue weighted by Crippen LogP contribution is -2.33. The molecule has 0 saturated heterocycles. The summed E-state index contributed by atoms with van der Waals surface area (Å²) in [6.45, 7) is 9.25. The Hall–Kier alpha value is -2.05. The lowest BCUT2D eigenvalue weighted by atomic mass is 9.63. The monoisotopic (exact) mass is 366 g/mol. The quantitative estimate of drug-likeness (QED) is 0.677. The lowest BCUT2D eigenvalue weighted by molar-refractivity contribution is 0.332. The smallest absolute Gasteiger partial charge is 0.175 e. The van der Waals surface area contributed by atoms with Crippen LogP contribution in [-0.2, 0) is 20.7 Å². The summed E-state index contributed by atoms with van der Waals surface area (Å²) >= 11 is 0. The van der Waals surface area contributed by atoms with Gasteiger partial charge in [-0.05, 0) is 71.2 Å². The van der Waals surface area contributed by atoms with E-state index >= 15 is 0 Å². The number of hydrogen-bond acceptors (Lipinski definition) is 2. The molecular weight excluding hydrogens is 340 g/mol. The van der Waals surface area contributed by atoms with Gasteiger partial charge in [0.1, 0.15) is 0 Å². The first-order chi connectivity index (χ1) is 12.0. The number of sulfone groups is 1. The van der Waals surface area contributed by atoms with Crippen molar-refractivity contribution in [1.29, 1.82) is 0 Å². The van der Waals surface area contributed by atoms with E-state index < -0.39 is 9.84 Å². The third-order valence-corrected chi connectivity index (χ3v) is 6.61. The highest BCUT2D eigenvalue weighted by Crippen LogP contribution is 2.45. The van der Waals surface area contributed by atoms with E-state index in [1.165, 1.54) is 30.2 Å². The van der Waals surface area contributed by atoms with Crippen molar-refractivity contribution in [2.75, 3.05) is 6.26 Å². The Labute approximate surface area is 157 Å². The molecule has 0 unspecified atom stereocenters. The fraction of sp³-hybridized carbons (Fsp3) is 0.391. The summed E-state index contributed by atoms with van der Waals surface area (Å²) < 4.78 is 23.1. The Morgan fingerprint density at radius 3 is 1.85 bits per heavy atom. The maximum Gasteiger partial charge on any atom is 0.175 e. The summed E-state index contributed by atoms with van der Waals surface area (Å²) in [4.78, 5) is 0.320. The zero-order valence-corrected chi connectivity index (χ0v) is 17.0. The third kappa shape index (κ3) is 3.71. The van der Waals surface area contributed by atoms with Crippen LogP contribution in [0, 0.1) is 11.8 Å². The number of rotatable bonds is 1. The first-order valence-corrected chi connectivity index (χ1v) is 10.9. The molecule has 0 aromatic heterocycles. The molecule has 3 rings (SSSR count). The Balaban J connectivity index is 1.95. The van der Waals surface area contributed by atoms with Crippen molar-refractivity contribution in [2.45, 2.75) is 56.3 Å². The van der Waals surface area contributed by atoms with Crippen molar-refractivity contribution in [3.05, 3.63) is 64.7 Å². The summed E-state index contributed by atoms with van der Waals surface area (Å²) in [6.07, 6.45) is 3.59. The van der Waals surface area contributed by atoms with E-state index in [1.54, 1.807) is 24.3 Å². The van der Waals surface area contributed by atoms with Gasteiger partial charge in [-0.1, -0.05) is 45.6 Å². The Morgan fingerprint density at radius 2 is 1.27 bits per heavy atom. The van der Waals surface area contributed by atoms with Gasteiger partial charge in [-0.3, -0.25) is 0 Å². The highest BCUT2D eigenvalue weighted by molar-refractivity contribution is 7.90. The van der Waals surface area contributed by atoms with Gasteiger partial charge in [0.25, 0.3) is 0 Å². The van der Waals surface area contributed by atoms with Crippen LogP contribution in [-0.4, -0.2) is 14.7 Å². The molecule has 3 heteroatoms. The SMILES string of the molecule is CC1(C)CCC(C)(C)c2cc(C#Cc3ccc(S(C)(=O)=O)cc3)ccc21. The van der Waals surface area contributed by atoms with Crippen molar-refractivity contribution in [1.82, 2.24) is 0 Å². The van der Waals surface area contributed by atoms with Gasteiger partial charge in [-0.15, -0.1) is 0 Å². The van der Waals surface area contributed by atoms with Crippen molar-refractivity contribution in [2.24, 2.45) is 0 Å². The molecule has 0 N–H and O–H groups in total. The molecule has 0 aliphatic heterocycles. The fourth-order valence-electron chi connectivity index (χ4n) is 3.60. The standard InChI is InChI=1S/C23H26O2S/c1-22(2)14-15-23(3,4)21-16-18(10-13-20(21)22)7-6-17-8-11-19(12-9-17)26(5,24)25/h8-13,16H,14-15H2,1-5H3. The third-order valence-electron chi connectivity index (χ3n) is 5.49. The van der Waals surface area contributed by atoms with Gasteiger partial charge in [-0.2, -0.15) is 0 Å². The molecule has 2 nitrogen and oxygen atoms in total. The minimum atomic E-state index is -3.17. The number of hydrogen-bond donors (Lipinski definition) is 0. The van der Waals surface area contributed by atoms with Crippen molar-refractivity contribution in [3.63, 3.8) is 0 Å². The molecule has 2 aromatic carbocycles. The maximum atomic E-state index is 11.5. The van der Waals surface area contributed by atoms with E-state index in [0.29, 0.717) is 4.90 Å². The van der Waals surface area contributed by atoms with Crippen LogP contribution in [0.15, 0.2) is 47.4 Å². The Kier molecular flexibility index (Phi) is 4.53. The summed E-state index contributed by atoms with van der Waals surface area (Å²) in [6, 6.07) is 13.3. The predicted octanol–water partition coefficient (Wildman–Crippen LogP) is 4.84. The molecule has 26 heavy (non-hydrogen) atoms. The molecule has 0 saturated carbocycles. The van der Waals surface area contributed by atoms with Crippen LogP contribution in [0.3, 0.4) is 0 Å². The molecule has 0 amide bonds. The normalized spacial score (nSPS) is 17.7. The highest BCUT2D eigenvalue weighted by Gasteiger charge is 2.36. The molecule has 0 bridgehead atoms. The van der Waals surface area contributed by atoms with E-state index in [9.17, 15) is 8.42 Å². The molecule has 1 aliphatic carbocycles. The minimum absolute atomic E-state index is 0.166. The van der Waals surface area contributed by atoms with Crippen LogP contribution in [0.1, 0.15) is 62.8 Å². The molecule has 1 aliphatic rings. The second-order valence-electron chi connectivity index (χ2n) is 8.57. The van der Waals surface area contributed by atoms with Crippen molar-refractivity contribution in [3.8, 4) is 11.8 Å². The highest BCUT2D eigenvalue weighted by atomic mass is 32.2. The van der Waals surface area contributed by atoms with Crippen LogP contribution in [0.2, 0.25) is 0 Å². The average molecular weight is 367 g/mol. The molecule has 0 atom stereocenters. The van der Waals surface area contributed by atoms with E-state index in [1.807, 2.05) is 0 Å². The zero-order valence-electron chi connectivity index (χ0n) is 16.2. The van der Waals surface area contributed by atoms with Crippen molar-refractivity contribution >= 4 is 9.84 Å². The van der Waals surface area contributed by atoms with Crippen LogP contribution in [0.4, 0.5) is 0 Å². The summed E-state index contributed by atoms with van der Waals surface area (Å²) in [7, 11) is -3.17. The maximum absolute atomic E-state index is 11.5.